The van der Waals surface area contributed by atoms with Crippen LogP contribution in [0.1, 0.15) is 18.1 Å². The van der Waals surface area contributed by atoms with Crippen LogP contribution in [0.25, 0.3) is 0 Å². The van der Waals surface area contributed by atoms with E-state index in [0.29, 0.717) is 12.3 Å². The Morgan fingerprint density at radius 3 is 2.26 bits per heavy atom. The summed E-state index contributed by atoms with van der Waals surface area (Å²) in [6.07, 6.45) is 1.26. The normalized spacial score (nSPS) is 11.9. The number of benzene rings is 3. The van der Waals surface area contributed by atoms with E-state index in [0.717, 1.165) is 21.7 Å². The van der Waals surface area contributed by atoms with Gasteiger partial charge in [-0.25, -0.2) is 8.42 Å². The second-order valence-corrected chi connectivity index (χ2v) is 11.0. The molecular weight excluding hydrogens is 526 g/mol. The zero-order chi connectivity index (χ0) is 27.7. The number of nitrogens with one attached hydrogen (secondary N) is 1. The summed E-state index contributed by atoms with van der Waals surface area (Å²) in [6, 6.07) is 22.0. The van der Waals surface area contributed by atoms with E-state index in [9.17, 15) is 18.0 Å². The lowest BCUT2D eigenvalue weighted by atomic mass is 10.0. The number of sulfonamides is 1. The zero-order valence-electron chi connectivity index (χ0n) is 21.6. The number of rotatable bonds is 12. The summed E-state index contributed by atoms with van der Waals surface area (Å²) in [5, 5.41) is 3.01. The van der Waals surface area contributed by atoms with Gasteiger partial charge in [0.25, 0.3) is 0 Å². The smallest absolute Gasteiger partial charge is 0.244 e. The van der Waals surface area contributed by atoms with Gasteiger partial charge in [0.05, 0.1) is 24.1 Å². The van der Waals surface area contributed by atoms with Gasteiger partial charge in [0.2, 0.25) is 21.8 Å². The Labute approximate surface area is 229 Å². The van der Waals surface area contributed by atoms with Crippen LogP contribution in [0.4, 0.5) is 5.69 Å². The molecule has 1 atom stereocenters. The minimum Gasteiger partial charge on any atom is -0.497 e. The minimum atomic E-state index is -3.89. The predicted molar refractivity (Wildman–Crippen MR) is 150 cm³/mol. The lowest BCUT2D eigenvalue weighted by Gasteiger charge is -2.33. The molecule has 0 heterocycles. The van der Waals surface area contributed by atoms with Gasteiger partial charge in [-0.1, -0.05) is 66.2 Å². The first-order valence-corrected chi connectivity index (χ1v) is 14.3. The van der Waals surface area contributed by atoms with Gasteiger partial charge in [-0.3, -0.25) is 13.9 Å². The van der Waals surface area contributed by atoms with E-state index >= 15 is 0 Å². The van der Waals surface area contributed by atoms with Crippen molar-refractivity contribution in [3.05, 3.63) is 95.0 Å². The van der Waals surface area contributed by atoms with E-state index in [1.54, 1.807) is 50.4 Å². The molecule has 0 aromatic heterocycles. The highest BCUT2D eigenvalue weighted by Crippen LogP contribution is 2.28. The van der Waals surface area contributed by atoms with Crippen molar-refractivity contribution in [1.82, 2.24) is 10.2 Å². The van der Waals surface area contributed by atoms with Crippen LogP contribution >= 0.6 is 11.6 Å². The fraction of sp³-hybridized carbons (Fsp3) is 0.286. The summed E-state index contributed by atoms with van der Waals surface area (Å²) in [6.45, 7) is 1.71. The van der Waals surface area contributed by atoms with Gasteiger partial charge in [0, 0.05) is 19.5 Å². The Morgan fingerprint density at radius 1 is 0.974 bits per heavy atom. The van der Waals surface area contributed by atoms with Gasteiger partial charge >= 0.3 is 0 Å². The second-order valence-electron chi connectivity index (χ2n) is 8.69. The summed E-state index contributed by atoms with van der Waals surface area (Å²) in [7, 11) is -2.34. The quantitative estimate of drug-likeness (QED) is 0.364. The van der Waals surface area contributed by atoms with Crippen molar-refractivity contribution in [3.8, 4) is 5.75 Å². The van der Waals surface area contributed by atoms with Gasteiger partial charge in [-0.15, -0.1) is 0 Å². The van der Waals surface area contributed by atoms with Crippen molar-refractivity contribution in [2.45, 2.75) is 25.9 Å². The summed E-state index contributed by atoms with van der Waals surface area (Å²) in [5.41, 5.74) is 1.77. The first-order chi connectivity index (χ1) is 18.1. The standard InChI is InChI=1S/C28H32ClN3O5S/c1-4-30-28(34)26(18-21-11-6-5-7-12-21)31(19-22-13-10-14-23(17-22)37-2)27(33)20-32(38(3,35)36)25-16-9-8-15-24(25)29/h5-17,26H,4,18-20H2,1-3H3,(H,30,34). The topological polar surface area (TPSA) is 96.0 Å². The van der Waals surface area contributed by atoms with Crippen molar-refractivity contribution in [2.24, 2.45) is 0 Å². The van der Waals surface area contributed by atoms with Gasteiger partial charge in [0.1, 0.15) is 18.3 Å². The van der Waals surface area contributed by atoms with E-state index in [2.05, 4.69) is 5.32 Å². The second kappa shape index (κ2) is 13.3. The Kier molecular flexibility index (Phi) is 10.2. The van der Waals surface area contributed by atoms with Crippen LogP contribution in [0.2, 0.25) is 5.02 Å². The molecule has 0 spiro atoms. The minimum absolute atomic E-state index is 0.0603. The fourth-order valence-corrected chi connectivity index (χ4v) is 5.21. The lowest BCUT2D eigenvalue weighted by Crippen LogP contribution is -2.53. The highest BCUT2D eigenvalue weighted by atomic mass is 35.5. The molecule has 1 unspecified atom stereocenters. The Morgan fingerprint density at radius 2 is 1.63 bits per heavy atom. The molecule has 2 amide bonds. The first kappa shape index (κ1) is 29.0. The predicted octanol–water partition coefficient (Wildman–Crippen LogP) is 3.89. The van der Waals surface area contributed by atoms with Gasteiger partial charge in [0.15, 0.2) is 0 Å². The number of hydrogen-bond donors (Lipinski definition) is 1. The van der Waals surface area contributed by atoms with Gasteiger partial charge in [-0.2, -0.15) is 0 Å². The number of hydrogen-bond acceptors (Lipinski definition) is 5. The Bertz CT molecular complexity index is 1350. The van der Waals surface area contributed by atoms with Crippen LogP contribution in [0.3, 0.4) is 0 Å². The van der Waals surface area contributed by atoms with E-state index in [1.165, 1.54) is 11.0 Å². The van der Waals surface area contributed by atoms with Gasteiger partial charge < -0.3 is 15.0 Å². The number of ether oxygens (including phenoxy) is 1. The van der Waals surface area contributed by atoms with E-state index in [-0.39, 0.29) is 29.6 Å². The molecule has 3 rings (SSSR count). The molecule has 0 aliphatic heterocycles. The third-order valence-electron chi connectivity index (χ3n) is 5.91. The van der Waals surface area contributed by atoms with Crippen LogP contribution in [-0.2, 0) is 32.6 Å². The number of likely N-dealkylation sites (N-methyl/N-ethyl adjacent to an activating group) is 1. The number of carbonyl (C=O) groups excluding carboxylic acids is 2. The van der Waals surface area contributed by atoms with E-state index in [4.69, 9.17) is 16.3 Å². The molecule has 38 heavy (non-hydrogen) atoms. The summed E-state index contributed by atoms with van der Waals surface area (Å²) in [5.74, 6) is -0.289. The van der Waals surface area contributed by atoms with Crippen LogP contribution in [0, 0.1) is 0 Å². The first-order valence-electron chi connectivity index (χ1n) is 12.1. The zero-order valence-corrected chi connectivity index (χ0v) is 23.2. The summed E-state index contributed by atoms with van der Waals surface area (Å²) >= 11 is 6.30. The Hall–Kier alpha value is -3.56. The molecule has 8 nitrogen and oxygen atoms in total. The number of anilines is 1. The number of halogens is 1. The van der Waals surface area contributed by atoms with Crippen LogP contribution in [-0.4, -0.2) is 57.6 Å². The molecule has 3 aromatic rings. The average molecular weight is 558 g/mol. The largest absolute Gasteiger partial charge is 0.497 e. The number of methoxy groups -OCH3 is 1. The molecule has 3 aromatic carbocycles. The van der Waals surface area contributed by atoms with Crippen molar-refractivity contribution >= 4 is 39.1 Å². The molecule has 0 aliphatic carbocycles. The maximum atomic E-state index is 13.9. The van der Waals surface area contributed by atoms with E-state index < -0.39 is 28.5 Å². The monoisotopic (exact) mass is 557 g/mol. The third kappa shape index (κ3) is 7.72. The summed E-state index contributed by atoms with van der Waals surface area (Å²) in [4.78, 5) is 28.7. The molecule has 0 aliphatic rings. The number of nitrogens with zero attached hydrogens (tertiary/aromatic N) is 2. The maximum absolute atomic E-state index is 13.9. The average Bonchev–Trinajstić information content (AvgIpc) is 2.90. The molecule has 0 saturated carbocycles. The highest BCUT2D eigenvalue weighted by molar-refractivity contribution is 7.92. The fourth-order valence-electron chi connectivity index (χ4n) is 4.06. The van der Waals surface area contributed by atoms with Crippen LogP contribution in [0.5, 0.6) is 5.75 Å². The van der Waals surface area contributed by atoms with Crippen LogP contribution in [0.15, 0.2) is 78.9 Å². The molecule has 10 heteroatoms. The molecule has 202 valence electrons. The maximum Gasteiger partial charge on any atom is 0.244 e. The molecule has 0 fully saturated rings. The van der Waals surface area contributed by atoms with E-state index in [1.807, 2.05) is 36.4 Å². The summed E-state index contributed by atoms with van der Waals surface area (Å²) < 4.78 is 31.9. The number of amides is 2. The van der Waals surface area contributed by atoms with Gasteiger partial charge in [-0.05, 0) is 42.3 Å². The SMILES string of the molecule is CCNC(=O)C(Cc1ccccc1)N(Cc1cccc(OC)c1)C(=O)CN(c1ccccc1Cl)S(C)(=O)=O. The molecule has 0 saturated heterocycles. The molecular formula is C28H32ClN3O5S. The van der Waals surface area contributed by atoms with Crippen molar-refractivity contribution in [1.29, 1.82) is 0 Å². The third-order valence-corrected chi connectivity index (χ3v) is 7.36. The number of para-hydroxylation sites is 1. The Balaban J connectivity index is 2.06. The number of carbonyl (C=O) groups is 2. The van der Waals surface area contributed by atoms with Crippen molar-refractivity contribution < 1.29 is 22.7 Å². The van der Waals surface area contributed by atoms with Crippen LogP contribution < -0.4 is 14.4 Å². The molecule has 0 bridgehead atoms. The lowest BCUT2D eigenvalue weighted by molar-refractivity contribution is -0.140. The van der Waals surface area contributed by atoms with Crippen molar-refractivity contribution in [2.75, 3.05) is 30.8 Å². The molecule has 0 radical (unpaired) electrons. The highest BCUT2D eigenvalue weighted by Gasteiger charge is 2.33. The van der Waals surface area contributed by atoms with Crippen molar-refractivity contribution in [3.63, 3.8) is 0 Å². The molecule has 1 N–H and O–H groups in total.